The van der Waals surface area contributed by atoms with Crippen molar-refractivity contribution < 1.29 is 23.1 Å². The normalized spacial score (nSPS) is 14.7. The third-order valence-electron chi connectivity index (χ3n) is 2.89. The lowest BCUT2D eigenvalue weighted by Crippen LogP contribution is -2.43. The molecule has 1 unspecified atom stereocenters. The number of rotatable bonds is 6. The van der Waals surface area contributed by atoms with E-state index >= 15 is 0 Å². The number of nitrogens with one attached hydrogen (secondary N) is 1. The van der Waals surface area contributed by atoms with Gasteiger partial charge in [-0.1, -0.05) is 12.1 Å². The lowest BCUT2D eigenvalue weighted by Gasteiger charge is -2.28. The van der Waals surface area contributed by atoms with Crippen LogP contribution in [-0.4, -0.2) is 22.8 Å². The van der Waals surface area contributed by atoms with Gasteiger partial charge in [0.1, 0.15) is 5.54 Å². The predicted octanol–water partition coefficient (Wildman–Crippen LogP) is 4.44. The van der Waals surface area contributed by atoms with Gasteiger partial charge in [-0.3, -0.25) is 0 Å². The lowest BCUT2D eigenvalue weighted by atomic mass is 9.94. The van der Waals surface area contributed by atoms with E-state index in [4.69, 9.17) is 0 Å². The van der Waals surface area contributed by atoms with Gasteiger partial charge in [-0.25, -0.2) is 4.79 Å². The number of carboxylic acid groups (broad SMARTS) is 1. The molecule has 20 heavy (non-hydrogen) atoms. The molecule has 1 aromatic rings. The molecule has 2 N–H and O–H groups in total. The van der Waals surface area contributed by atoms with Crippen molar-refractivity contribution in [1.82, 2.24) is 0 Å². The summed E-state index contributed by atoms with van der Waals surface area (Å²) >= 11 is 3.26. The molecule has 0 aliphatic rings. The zero-order chi connectivity index (χ0) is 15.4. The second-order valence-corrected chi connectivity index (χ2v) is 5.57. The molecule has 3 nitrogen and oxygen atoms in total. The maximum absolute atomic E-state index is 12.1. The predicted molar refractivity (Wildman–Crippen MR) is 73.7 cm³/mol. The Morgan fingerprint density at radius 2 is 1.90 bits per heavy atom. The van der Waals surface area contributed by atoms with E-state index in [1.165, 1.54) is 6.92 Å². The summed E-state index contributed by atoms with van der Waals surface area (Å²) in [6, 6.07) is 6.86. The van der Waals surface area contributed by atoms with E-state index in [2.05, 4.69) is 21.2 Å². The molecule has 0 amide bonds. The van der Waals surface area contributed by atoms with Gasteiger partial charge in [0.05, 0.1) is 0 Å². The summed E-state index contributed by atoms with van der Waals surface area (Å²) in [5.74, 6) is -1.18. The molecular formula is C13H15BrF3NO2. The van der Waals surface area contributed by atoms with Crippen molar-refractivity contribution in [2.24, 2.45) is 0 Å². The van der Waals surface area contributed by atoms with Gasteiger partial charge in [0.25, 0.3) is 0 Å². The highest BCUT2D eigenvalue weighted by Gasteiger charge is 2.35. The highest BCUT2D eigenvalue weighted by molar-refractivity contribution is 9.10. The van der Waals surface area contributed by atoms with Crippen LogP contribution in [0.4, 0.5) is 18.9 Å². The maximum Gasteiger partial charge on any atom is 0.389 e. The van der Waals surface area contributed by atoms with Gasteiger partial charge in [-0.2, -0.15) is 13.2 Å². The second kappa shape index (κ2) is 6.47. The molecule has 0 aliphatic carbocycles. The van der Waals surface area contributed by atoms with E-state index in [1.807, 2.05) is 0 Å². The Labute approximate surface area is 123 Å². The van der Waals surface area contributed by atoms with Gasteiger partial charge in [-0.05, 0) is 47.8 Å². The standard InChI is InChI=1S/C13H15BrF3NO2/c1-12(11(19)20,7-4-8-13(15,16)17)18-10-6-3-2-5-9(10)14/h2-3,5-6,18H,4,7-8H2,1H3,(H,19,20). The van der Waals surface area contributed by atoms with E-state index in [9.17, 15) is 23.1 Å². The number of carboxylic acids is 1. The molecule has 0 saturated carbocycles. The maximum atomic E-state index is 12.1. The number of anilines is 1. The Morgan fingerprint density at radius 3 is 2.40 bits per heavy atom. The van der Waals surface area contributed by atoms with E-state index in [0.717, 1.165) is 0 Å². The quantitative estimate of drug-likeness (QED) is 0.794. The number of carbonyl (C=O) groups is 1. The van der Waals surface area contributed by atoms with Crippen LogP contribution in [0.25, 0.3) is 0 Å². The Kier molecular flexibility index (Phi) is 5.44. The summed E-state index contributed by atoms with van der Waals surface area (Å²) in [6.07, 6.45) is -5.63. The van der Waals surface area contributed by atoms with Crippen LogP contribution < -0.4 is 5.32 Å². The van der Waals surface area contributed by atoms with Crippen LogP contribution in [0.5, 0.6) is 0 Å². The first kappa shape index (κ1) is 16.8. The molecule has 112 valence electrons. The molecule has 1 rings (SSSR count). The number of hydrogen-bond donors (Lipinski definition) is 2. The largest absolute Gasteiger partial charge is 0.480 e. The van der Waals surface area contributed by atoms with E-state index in [1.54, 1.807) is 24.3 Å². The number of alkyl halides is 3. The lowest BCUT2D eigenvalue weighted by molar-refractivity contribution is -0.145. The fraction of sp³-hybridized carbons (Fsp3) is 0.462. The number of halogens is 4. The molecule has 0 aromatic heterocycles. The zero-order valence-corrected chi connectivity index (χ0v) is 12.4. The number of benzene rings is 1. The van der Waals surface area contributed by atoms with Gasteiger partial charge in [-0.15, -0.1) is 0 Å². The third kappa shape index (κ3) is 5.03. The summed E-state index contributed by atoms with van der Waals surface area (Å²) in [7, 11) is 0. The van der Waals surface area contributed by atoms with Gasteiger partial charge in [0, 0.05) is 16.6 Å². The fourth-order valence-corrected chi connectivity index (χ4v) is 2.11. The smallest absolute Gasteiger partial charge is 0.389 e. The van der Waals surface area contributed by atoms with Crippen LogP contribution >= 0.6 is 15.9 Å². The molecule has 0 bridgehead atoms. The molecule has 0 radical (unpaired) electrons. The minimum absolute atomic E-state index is 0.122. The molecule has 0 heterocycles. The molecule has 7 heteroatoms. The third-order valence-corrected chi connectivity index (χ3v) is 3.58. The summed E-state index contributed by atoms with van der Waals surface area (Å²) in [5, 5.41) is 12.1. The highest BCUT2D eigenvalue weighted by Crippen LogP contribution is 2.29. The van der Waals surface area contributed by atoms with Crippen molar-refractivity contribution in [3.8, 4) is 0 Å². The number of aliphatic carboxylic acids is 1. The Morgan fingerprint density at radius 1 is 1.30 bits per heavy atom. The molecule has 0 aliphatic heterocycles. The van der Waals surface area contributed by atoms with Crippen molar-refractivity contribution in [1.29, 1.82) is 0 Å². The van der Waals surface area contributed by atoms with Gasteiger partial charge in [0.2, 0.25) is 0 Å². The van der Waals surface area contributed by atoms with Crippen LogP contribution in [0, 0.1) is 0 Å². The molecule has 0 saturated heterocycles. The monoisotopic (exact) mass is 353 g/mol. The molecule has 0 spiro atoms. The average Bonchev–Trinajstić information content (AvgIpc) is 2.30. The second-order valence-electron chi connectivity index (χ2n) is 4.71. The topological polar surface area (TPSA) is 49.3 Å². The van der Waals surface area contributed by atoms with Crippen molar-refractivity contribution in [3.05, 3.63) is 28.7 Å². The van der Waals surface area contributed by atoms with Crippen molar-refractivity contribution >= 4 is 27.6 Å². The summed E-state index contributed by atoms with van der Waals surface area (Å²) in [5.41, 5.74) is -0.917. The number of hydrogen-bond acceptors (Lipinski definition) is 2. The van der Waals surface area contributed by atoms with Gasteiger partial charge < -0.3 is 10.4 Å². The minimum atomic E-state index is -4.27. The minimum Gasteiger partial charge on any atom is -0.480 e. The Balaban J connectivity index is 2.77. The first-order valence-corrected chi connectivity index (χ1v) is 6.76. The van der Waals surface area contributed by atoms with E-state index in [-0.39, 0.29) is 12.8 Å². The van der Waals surface area contributed by atoms with E-state index < -0.39 is 24.1 Å². The fourth-order valence-electron chi connectivity index (χ4n) is 1.73. The van der Waals surface area contributed by atoms with Crippen molar-refractivity contribution in [3.63, 3.8) is 0 Å². The summed E-state index contributed by atoms with van der Waals surface area (Å²) < 4.78 is 37.1. The molecular weight excluding hydrogens is 339 g/mol. The van der Waals surface area contributed by atoms with Crippen LogP contribution in [0.15, 0.2) is 28.7 Å². The average molecular weight is 354 g/mol. The first-order valence-electron chi connectivity index (χ1n) is 5.97. The Hall–Kier alpha value is -1.24. The van der Waals surface area contributed by atoms with Crippen LogP contribution in [0.2, 0.25) is 0 Å². The molecule has 1 atom stereocenters. The van der Waals surface area contributed by atoms with Crippen LogP contribution in [0.3, 0.4) is 0 Å². The Bertz CT molecular complexity index is 479. The van der Waals surface area contributed by atoms with Crippen molar-refractivity contribution in [2.45, 2.75) is 37.9 Å². The summed E-state index contributed by atoms with van der Waals surface area (Å²) in [4.78, 5) is 11.3. The summed E-state index contributed by atoms with van der Waals surface area (Å²) in [6.45, 7) is 1.38. The van der Waals surface area contributed by atoms with Crippen LogP contribution in [-0.2, 0) is 4.79 Å². The molecule has 1 aromatic carbocycles. The molecule has 0 fully saturated rings. The van der Waals surface area contributed by atoms with Crippen LogP contribution in [0.1, 0.15) is 26.2 Å². The van der Waals surface area contributed by atoms with Crippen molar-refractivity contribution in [2.75, 3.05) is 5.32 Å². The number of para-hydroxylation sites is 1. The first-order chi connectivity index (χ1) is 9.14. The highest BCUT2D eigenvalue weighted by atomic mass is 79.9. The van der Waals surface area contributed by atoms with Gasteiger partial charge in [0.15, 0.2) is 0 Å². The van der Waals surface area contributed by atoms with E-state index in [0.29, 0.717) is 10.2 Å². The van der Waals surface area contributed by atoms with Gasteiger partial charge >= 0.3 is 12.1 Å². The SMILES string of the molecule is CC(CCCC(F)(F)F)(Nc1ccccc1Br)C(=O)O. The zero-order valence-electron chi connectivity index (χ0n) is 10.8.